The van der Waals surface area contributed by atoms with Crippen LogP contribution in [0.3, 0.4) is 0 Å². The average molecular weight is 435 g/mol. The lowest BCUT2D eigenvalue weighted by molar-refractivity contribution is 0.0947. The van der Waals surface area contributed by atoms with Crippen molar-refractivity contribution in [3.63, 3.8) is 0 Å². The van der Waals surface area contributed by atoms with E-state index in [1.165, 1.54) is 48.0 Å². The highest BCUT2D eigenvalue weighted by Crippen LogP contribution is 2.38. The smallest absolute Gasteiger partial charge is 0.255 e. The summed E-state index contributed by atoms with van der Waals surface area (Å²) >= 11 is 7.37. The SMILES string of the molecule is COc1c(C(=O)NCCC2CCC(C(N)c3cccc(C)c3C)CC2)csc1Cl. The first-order valence-corrected chi connectivity index (χ1v) is 11.6. The van der Waals surface area contributed by atoms with E-state index >= 15 is 0 Å². The molecule has 0 aliphatic heterocycles. The standard InChI is InChI=1S/C23H31ClN2O2S/c1-14-5-4-6-18(15(14)2)20(25)17-9-7-16(8-10-17)11-12-26-23(27)19-13-29-22(24)21(19)28-3/h4-6,13,16-17,20H,7-12,25H2,1-3H3,(H,26,27). The topological polar surface area (TPSA) is 64.3 Å². The van der Waals surface area contributed by atoms with Crippen molar-refractivity contribution in [2.45, 2.75) is 52.0 Å². The predicted molar refractivity (Wildman–Crippen MR) is 121 cm³/mol. The van der Waals surface area contributed by atoms with Gasteiger partial charge in [-0.3, -0.25) is 4.79 Å². The molecule has 0 radical (unpaired) electrons. The van der Waals surface area contributed by atoms with Crippen LogP contribution in [0.1, 0.15) is 65.2 Å². The van der Waals surface area contributed by atoms with E-state index in [0.29, 0.717) is 34.0 Å². The molecule has 1 atom stereocenters. The number of carbonyl (C=O) groups excluding carboxylic acids is 1. The second kappa shape index (κ2) is 9.96. The number of ether oxygens (including phenoxy) is 1. The van der Waals surface area contributed by atoms with E-state index in [1.807, 2.05) is 0 Å². The lowest BCUT2D eigenvalue weighted by atomic mass is 9.75. The van der Waals surface area contributed by atoms with Gasteiger partial charge in [0.15, 0.2) is 5.75 Å². The third-order valence-corrected chi connectivity index (χ3v) is 7.58. The summed E-state index contributed by atoms with van der Waals surface area (Å²) in [5.41, 5.74) is 11.1. The molecule has 1 unspecified atom stereocenters. The maximum absolute atomic E-state index is 12.4. The molecule has 0 bridgehead atoms. The summed E-state index contributed by atoms with van der Waals surface area (Å²) in [4.78, 5) is 12.4. The Bertz CT molecular complexity index is 843. The number of nitrogens with one attached hydrogen (secondary N) is 1. The van der Waals surface area contributed by atoms with E-state index < -0.39 is 0 Å². The highest BCUT2D eigenvalue weighted by Gasteiger charge is 2.27. The maximum Gasteiger partial charge on any atom is 0.255 e. The number of hydrogen-bond donors (Lipinski definition) is 2. The molecule has 0 saturated heterocycles. The molecule has 0 spiro atoms. The second-order valence-corrected chi connectivity index (χ2v) is 9.58. The van der Waals surface area contributed by atoms with Gasteiger partial charge in [-0.2, -0.15) is 0 Å². The van der Waals surface area contributed by atoms with Crippen LogP contribution in [0.5, 0.6) is 5.75 Å². The fraction of sp³-hybridized carbons (Fsp3) is 0.522. The number of carbonyl (C=O) groups is 1. The van der Waals surface area contributed by atoms with E-state index in [0.717, 1.165) is 19.3 Å². The Kier molecular flexibility index (Phi) is 7.60. The van der Waals surface area contributed by atoms with Crippen molar-refractivity contribution in [2.24, 2.45) is 17.6 Å². The molecule has 1 saturated carbocycles. The zero-order valence-corrected chi connectivity index (χ0v) is 19.0. The van der Waals surface area contributed by atoms with Crippen molar-refractivity contribution in [1.29, 1.82) is 0 Å². The zero-order chi connectivity index (χ0) is 21.0. The summed E-state index contributed by atoms with van der Waals surface area (Å²) in [6, 6.07) is 6.56. The van der Waals surface area contributed by atoms with Crippen molar-refractivity contribution in [1.82, 2.24) is 5.32 Å². The van der Waals surface area contributed by atoms with Crippen LogP contribution in [0.15, 0.2) is 23.6 Å². The normalized spacial score (nSPS) is 20.3. The van der Waals surface area contributed by atoms with Crippen LogP contribution in [0.2, 0.25) is 4.34 Å². The van der Waals surface area contributed by atoms with Crippen LogP contribution >= 0.6 is 22.9 Å². The van der Waals surface area contributed by atoms with E-state index in [1.54, 1.807) is 5.38 Å². The Morgan fingerprint density at radius 3 is 2.72 bits per heavy atom. The molecule has 1 aromatic heterocycles. The first-order chi connectivity index (χ1) is 13.9. The van der Waals surface area contributed by atoms with Crippen molar-refractivity contribution in [3.05, 3.63) is 50.2 Å². The lowest BCUT2D eigenvalue weighted by Crippen LogP contribution is -2.29. The molecule has 2 aromatic rings. The first-order valence-electron chi connectivity index (χ1n) is 10.3. The van der Waals surface area contributed by atoms with Gasteiger partial charge in [-0.1, -0.05) is 42.6 Å². The van der Waals surface area contributed by atoms with Gasteiger partial charge in [-0.25, -0.2) is 0 Å². The highest BCUT2D eigenvalue weighted by molar-refractivity contribution is 7.15. The molecule has 1 fully saturated rings. The molecule has 1 aliphatic carbocycles. The number of benzene rings is 1. The Morgan fingerprint density at radius 2 is 2.03 bits per heavy atom. The van der Waals surface area contributed by atoms with Crippen LogP contribution in [0.4, 0.5) is 0 Å². The Labute approximate surface area is 182 Å². The van der Waals surface area contributed by atoms with Crippen LogP contribution in [-0.4, -0.2) is 19.6 Å². The summed E-state index contributed by atoms with van der Waals surface area (Å²) in [6.07, 6.45) is 5.65. The van der Waals surface area contributed by atoms with Crippen LogP contribution in [0, 0.1) is 25.7 Å². The summed E-state index contributed by atoms with van der Waals surface area (Å²) < 4.78 is 5.74. The molecule has 1 heterocycles. The maximum atomic E-state index is 12.4. The number of hydrogen-bond acceptors (Lipinski definition) is 4. The molecule has 3 rings (SSSR count). The second-order valence-electron chi connectivity index (χ2n) is 8.10. The Hall–Kier alpha value is -1.56. The minimum absolute atomic E-state index is 0.115. The van der Waals surface area contributed by atoms with Gasteiger partial charge in [0.2, 0.25) is 0 Å². The fourth-order valence-corrected chi connectivity index (χ4v) is 5.43. The number of aryl methyl sites for hydroxylation is 1. The largest absolute Gasteiger partial charge is 0.493 e. The predicted octanol–water partition coefficient (Wildman–Crippen LogP) is 5.65. The molecule has 1 aliphatic rings. The molecule has 1 amide bonds. The Balaban J connectivity index is 1.45. The van der Waals surface area contributed by atoms with Gasteiger partial charge in [0.05, 0.1) is 12.7 Å². The number of amides is 1. The summed E-state index contributed by atoms with van der Waals surface area (Å²) in [5, 5.41) is 4.76. The monoisotopic (exact) mass is 434 g/mol. The number of rotatable bonds is 7. The molecule has 1 aromatic carbocycles. The average Bonchev–Trinajstić information content (AvgIpc) is 3.10. The van der Waals surface area contributed by atoms with Gasteiger partial charge in [-0.05, 0) is 61.6 Å². The minimum atomic E-state index is -0.115. The van der Waals surface area contributed by atoms with E-state index in [9.17, 15) is 4.79 Å². The van der Waals surface area contributed by atoms with Crippen LogP contribution < -0.4 is 15.8 Å². The summed E-state index contributed by atoms with van der Waals surface area (Å²) in [5.74, 6) is 1.54. The van der Waals surface area contributed by atoms with Gasteiger partial charge in [0.1, 0.15) is 4.34 Å². The molecule has 3 N–H and O–H groups in total. The summed E-state index contributed by atoms with van der Waals surface area (Å²) in [6.45, 7) is 5.00. The number of halogens is 1. The highest BCUT2D eigenvalue weighted by atomic mass is 35.5. The van der Waals surface area contributed by atoms with Gasteiger partial charge < -0.3 is 15.8 Å². The van der Waals surface area contributed by atoms with Crippen molar-refractivity contribution in [2.75, 3.05) is 13.7 Å². The minimum Gasteiger partial charge on any atom is -0.493 e. The molecular weight excluding hydrogens is 404 g/mol. The molecule has 6 heteroatoms. The van der Waals surface area contributed by atoms with Crippen LogP contribution in [0.25, 0.3) is 0 Å². The first kappa shape index (κ1) is 22.1. The molecule has 4 nitrogen and oxygen atoms in total. The fourth-order valence-electron chi connectivity index (χ4n) is 4.38. The van der Waals surface area contributed by atoms with Gasteiger partial charge in [0.25, 0.3) is 5.91 Å². The number of thiophene rings is 1. The Morgan fingerprint density at radius 1 is 1.31 bits per heavy atom. The van der Waals surface area contributed by atoms with Gasteiger partial charge in [0, 0.05) is 18.0 Å². The van der Waals surface area contributed by atoms with Crippen molar-refractivity contribution in [3.8, 4) is 5.75 Å². The van der Waals surface area contributed by atoms with Gasteiger partial charge in [-0.15, -0.1) is 11.3 Å². The third kappa shape index (κ3) is 5.14. The number of nitrogens with two attached hydrogens (primary N) is 1. The molecule has 158 valence electrons. The lowest BCUT2D eigenvalue weighted by Gasteiger charge is -2.33. The molecule has 29 heavy (non-hydrogen) atoms. The van der Waals surface area contributed by atoms with E-state index in [4.69, 9.17) is 22.1 Å². The van der Waals surface area contributed by atoms with Crippen LogP contribution in [-0.2, 0) is 0 Å². The summed E-state index contributed by atoms with van der Waals surface area (Å²) in [7, 11) is 1.53. The van der Waals surface area contributed by atoms with Crippen molar-refractivity contribution < 1.29 is 9.53 Å². The molecular formula is C23H31ClN2O2S. The quantitative estimate of drug-likeness (QED) is 0.591. The third-order valence-electron chi connectivity index (χ3n) is 6.40. The van der Waals surface area contributed by atoms with Crippen molar-refractivity contribution >= 4 is 28.8 Å². The number of methoxy groups -OCH3 is 1. The van der Waals surface area contributed by atoms with E-state index in [-0.39, 0.29) is 11.9 Å². The van der Waals surface area contributed by atoms with Gasteiger partial charge >= 0.3 is 0 Å². The zero-order valence-electron chi connectivity index (χ0n) is 17.5. The van der Waals surface area contributed by atoms with E-state index in [2.05, 4.69) is 37.4 Å².